The monoisotopic (exact) mass is 315 g/mol. The number of rotatable bonds is 4. The predicted octanol–water partition coefficient (Wildman–Crippen LogP) is 2.51. The minimum atomic E-state index is -1.08. The summed E-state index contributed by atoms with van der Waals surface area (Å²) in [5.41, 5.74) is 0.517. The van der Waals surface area contributed by atoms with Gasteiger partial charge in [-0.2, -0.15) is 0 Å². The molecule has 1 aromatic heterocycles. The number of hydrogen-bond acceptors (Lipinski definition) is 6. The van der Waals surface area contributed by atoms with E-state index in [4.69, 9.17) is 14.1 Å². The first-order valence-electron chi connectivity index (χ1n) is 7.14. The Morgan fingerprint density at radius 1 is 1.35 bits per heavy atom. The molecule has 0 spiro atoms. The molecular weight excluding hydrogens is 298 g/mol. The summed E-state index contributed by atoms with van der Waals surface area (Å²) in [4.78, 5) is 17.8. The van der Waals surface area contributed by atoms with E-state index in [2.05, 4.69) is 15.6 Å². The third-order valence-electron chi connectivity index (χ3n) is 3.64. The average molecular weight is 315 g/mol. The largest absolute Gasteiger partial charge is 0.497 e. The van der Waals surface area contributed by atoms with Gasteiger partial charge in [-0.1, -0.05) is 10.3 Å². The molecule has 0 aliphatic carbocycles. The van der Waals surface area contributed by atoms with Crippen LogP contribution in [0.5, 0.6) is 5.75 Å². The molecule has 0 radical (unpaired) electrons. The van der Waals surface area contributed by atoms with E-state index in [1.807, 2.05) is 24.3 Å². The number of nitrogens with one attached hydrogen (secondary N) is 1. The fourth-order valence-corrected chi connectivity index (χ4v) is 2.27. The maximum Gasteiger partial charge on any atom is 0.272 e. The van der Waals surface area contributed by atoms with Gasteiger partial charge in [0.05, 0.1) is 12.8 Å². The van der Waals surface area contributed by atoms with E-state index in [1.165, 1.54) is 0 Å². The molecule has 23 heavy (non-hydrogen) atoms. The molecule has 1 atom stereocenters. The fourth-order valence-electron chi connectivity index (χ4n) is 2.27. The summed E-state index contributed by atoms with van der Waals surface area (Å²) in [5.74, 6) is 1.41. The van der Waals surface area contributed by atoms with Crippen LogP contribution in [-0.2, 0) is 9.63 Å². The average Bonchev–Trinajstić information content (AvgIpc) is 3.14. The fraction of sp³-hybridized carbons (Fsp3) is 0.312. The second kappa shape index (κ2) is 5.75. The number of anilines is 1. The summed E-state index contributed by atoms with van der Waals surface area (Å²) in [7, 11) is 1.61. The molecule has 1 amide bonds. The number of carbonyl (C=O) groups is 1. The molecule has 1 aliphatic heterocycles. The minimum Gasteiger partial charge on any atom is -0.497 e. The molecule has 1 aliphatic rings. The van der Waals surface area contributed by atoms with Crippen LogP contribution in [0.25, 0.3) is 0 Å². The molecule has 2 heterocycles. The molecule has 1 unspecified atom stereocenters. The van der Waals surface area contributed by atoms with Crippen LogP contribution in [-0.4, -0.2) is 29.5 Å². The maximum absolute atomic E-state index is 12.4. The molecule has 0 bridgehead atoms. The highest BCUT2D eigenvalue weighted by atomic mass is 16.7. The standard InChI is InChI=1S/C16H17N3O4/c1-10-8-14(19-22-10)17-15(20)16(2)9-13(18-23-16)11-4-6-12(21-3)7-5-11/h4-8H,9H2,1-3H3,(H,17,19,20). The first kappa shape index (κ1) is 15.1. The molecule has 0 fully saturated rings. The van der Waals surface area contributed by atoms with Crippen molar-refractivity contribution < 1.29 is 18.9 Å². The smallest absolute Gasteiger partial charge is 0.272 e. The Bertz CT molecular complexity index is 751. The highest BCUT2D eigenvalue weighted by molar-refractivity contribution is 6.07. The van der Waals surface area contributed by atoms with Gasteiger partial charge in [-0.3, -0.25) is 4.79 Å². The summed E-state index contributed by atoms with van der Waals surface area (Å²) in [6, 6.07) is 9.08. The van der Waals surface area contributed by atoms with Crippen LogP contribution < -0.4 is 10.1 Å². The van der Waals surface area contributed by atoms with E-state index < -0.39 is 5.60 Å². The lowest BCUT2D eigenvalue weighted by atomic mass is 9.95. The van der Waals surface area contributed by atoms with Crippen LogP contribution in [0, 0.1) is 6.92 Å². The van der Waals surface area contributed by atoms with Crippen molar-refractivity contribution in [3.8, 4) is 5.75 Å². The van der Waals surface area contributed by atoms with Gasteiger partial charge >= 0.3 is 0 Å². The molecule has 1 N–H and O–H groups in total. The summed E-state index contributed by atoms with van der Waals surface area (Å²) in [6.07, 6.45) is 0.363. The van der Waals surface area contributed by atoms with Gasteiger partial charge in [0.1, 0.15) is 11.5 Å². The van der Waals surface area contributed by atoms with Crippen molar-refractivity contribution >= 4 is 17.4 Å². The molecule has 7 nitrogen and oxygen atoms in total. The Kier molecular flexibility index (Phi) is 3.77. The Hall–Kier alpha value is -2.83. The topological polar surface area (TPSA) is 86.0 Å². The highest BCUT2D eigenvalue weighted by Gasteiger charge is 2.42. The second-order valence-corrected chi connectivity index (χ2v) is 5.54. The van der Waals surface area contributed by atoms with Crippen molar-refractivity contribution in [2.75, 3.05) is 12.4 Å². The Balaban J connectivity index is 1.69. The Morgan fingerprint density at radius 2 is 2.09 bits per heavy atom. The predicted molar refractivity (Wildman–Crippen MR) is 83.5 cm³/mol. The first-order chi connectivity index (χ1) is 11.0. The number of amides is 1. The summed E-state index contributed by atoms with van der Waals surface area (Å²) >= 11 is 0. The van der Waals surface area contributed by atoms with Gasteiger partial charge in [0.2, 0.25) is 5.60 Å². The third kappa shape index (κ3) is 3.03. The molecule has 0 saturated heterocycles. The van der Waals surface area contributed by atoms with Gasteiger partial charge in [-0.05, 0) is 43.7 Å². The van der Waals surface area contributed by atoms with E-state index in [1.54, 1.807) is 27.0 Å². The van der Waals surface area contributed by atoms with Gasteiger partial charge in [-0.15, -0.1) is 0 Å². The van der Waals surface area contributed by atoms with Crippen molar-refractivity contribution in [1.29, 1.82) is 0 Å². The number of aryl methyl sites for hydroxylation is 1. The normalized spacial score (nSPS) is 19.9. The van der Waals surface area contributed by atoms with Crippen LogP contribution in [0.15, 0.2) is 40.0 Å². The van der Waals surface area contributed by atoms with Crippen molar-refractivity contribution in [2.45, 2.75) is 25.9 Å². The van der Waals surface area contributed by atoms with Gasteiger partial charge in [-0.25, -0.2) is 0 Å². The van der Waals surface area contributed by atoms with Gasteiger partial charge in [0.15, 0.2) is 5.82 Å². The lowest BCUT2D eigenvalue weighted by Gasteiger charge is -2.19. The van der Waals surface area contributed by atoms with Crippen LogP contribution in [0.4, 0.5) is 5.82 Å². The lowest BCUT2D eigenvalue weighted by molar-refractivity contribution is -0.136. The zero-order valence-electron chi connectivity index (χ0n) is 13.1. The number of hydrogen-bond donors (Lipinski definition) is 1. The Labute approximate surface area is 133 Å². The summed E-state index contributed by atoms with van der Waals surface area (Å²) in [5, 5.41) is 10.5. The van der Waals surface area contributed by atoms with Gasteiger partial charge in [0, 0.05) is 12.5 Å². The highest BCUT2D eigenvalue weighted by Crippen LogP contribution is 2.28. The van der Waals surface area contributed by atoms with Crippen LogP contribution in [0.2, 0.25) is 0 Å². The zero-order valence-corrected chi connectivity index (χ0v) is 13.1. The molecular formula is C16H17N3O4. The van der Waals surface area contributed by atoms with E-state index in [-0.39, 0.29) is 5.91 Å². The molecule has 7 heteroatoms. The molecule has 0 saturated carbocycles. The number of ether oxygens (including phenoxy) is 1. The number of benzene rings is 1. The van der Waals surface area contributed by atoms with Gasteiger partial charge in [0.25, 0.3) is 5.91 Å². The summed E-state index contributed by atoms with van der Waals surface area (Å²) in [6.45, 7) is 3.44. The number of nitrogens with zero attached hydrogens (tertiary/aromatic N) is 2. The van der Waals surface area contributed by atoms with Crippen LogP contribution in [0.1, 0.15) is 24.7 Å². The lowest BCUT2D eigenvalue weighted by Crippen LogP contribution is -2.40. The molecule has 3 rings (SSSR count). The van der Waals surface area contributed by atoms with Gasteiger partial charge < -0.3 is 19.4 Å². The van der Waals surface area contributed by atoms with Crippen molar-refractivity contribution in [3.63, 3.8) is 0 Å². The van der Waals surface area contributed by atoms with Crippen molar-refractivity contribution in [1.82, 2.24) is 5.16 Å². The van der Waals surface area contributed by atoms with Crippen molar-refractivity contribution in [2.24, 2.45) is 5.16 Å². The van der Waals surface area contributed by atoms with E-state index in [0.29, 0.717) is 23.7 Å². The molecule has 120 valence electrons. The maximum atomic E-state index is 12.4. The van der Waals surface area contributed by atoms with E-state index in [0.717, 1.165) is 11.3 Å². The zero-order chi connectivity index (χ0) is 16.4. The number of aromatic nitrogens is 1. The number of carbonyl (C=O) groups excluding carboxylic acids is 1. The summed E-state index contributed by atoms with van der Waals surface area (Å²) < 4.78 is 10.1. The van der Waals surface area contributed by atoms with Crippen LogP contribution >= 0.6 is 0 Å². The van der Waals surface area contributed by atoms with Crippen LogP contribution in [0.3, 0.4) is 0 Å². The van der Waals surface area contributed by atoms with E-state index in [9.17, 15) is 4.79 Å². The SMILES string of the molecule is COc1ccc(C2=NOC(C)(C(=O)Nc3cc(C)on3)C2)cc1. The Morgan fingerprint density at radius 3 is 2.70 bits per heavy atom. The minimum absolute atomic E-state index is 0.321. The van der Waals surface area contributed by atoms with E-state index >= 15 is 0 Å². The van der Waals surface area contributed by atoms with Crippen molar-refractivity contribution in [3.05, 3.63) is 41.7 Å². The number of methoxy groups -OCH3 is 1. The third-order valence-corrected chi connectivity index (χ3v) is 3.64. The quantitative estimate of drug-likeness (QED) is 0.937. The second-order valence-electron chi connectivity index (χ2n) is 5.54. The molecule has 2 aromatic rings. The number of oxime groups is 1. The first-order valence-corrected chi connectivity index (χ1v) is 7.14. The molecule has 1 aromatic carbocycles.